The summed E-state index contributed by atoms with van der Waals surface area (Å²) in [5, 5.41) is 3.60. The smallest absolute Gasteiger partial charge is 0.0300 e. The Bertz CT molecular complexity index is 445. The highest BCUT2D eigenvalue weighted by molar-refractivity contribution is 7.11. The molecule has 2 saturated heterocycles. The largest absolute Gasteiger partial charge is 0.311 e. The van der Waals surface area contributed by atoms with Gasteiger partial charge in [0.2, 0.25) is 0 Å². The van der Waals surface area contributed by atoms with Crippen molar-refractivity contribution in [1.29, 1.82) is 0 Å². The van der Waals surface area contributed by atoms with Crippen molar-refractivity contribution >= 4 is 11.3 Å². The third-order valence-corrected chi connectivity index (χ3v) is 6.13. The molecule has 2 atom stereocenters. The molecule has 2 fully saturated rings. The molecule has 3 heterocycles. The van der Waals surface area contributed by atoms with Gasteiger partial charge in [0.25, 0.3) is 0 Å². The number of aryl methyl sites for hydroxylation is 1. The van der Waals surface area contributed by atoms with Gasteiger partial charge in [0, 0.05) is 42.0 Å². The van der Waals surface area contributed by atoms with Gasteiger partial charge in [-0.25, -0.2) is 0 Å². The SMILES string of the molecule is Cc1ccc(CNCCN2CCC3C(CCCN3C)C2)s1. The third-order valence-electron chi connectivity index (χ3n) is 5.13. The molecule has 0 bridgehead atoms. The maximum atomic E-state index is 3.60. The van der Waals surface area contributed by atoms with Crippen molar-refractivity contribution in [2.24, 2.45) is 5.92 Å². The number of hydrogen-bond donors (Lipinski definition) is 1. The van der Waals surface area contributed by atoms with E-state index < -0.39 is 0 Å². The molecule has 21 heavy (non-hydrogen) atoms. The van der Waals surface area contributed by atoms with Crippen molar-refractivity contribution in [3.8, 4) is 0 Å². The second-order valence-electron chi connectivity index (χ2n) is 6.73. The first-order valence-electron chi connectivity index (χ1n) is 8.41. The van der Waals surface area contributed by atoms with E-state index in [1.165, 1.54) is 55.2 Å². The minimum atomic E-state index is 0.858. The van der Waals surface area contributed by atoms with Crippen LogP contribution in [0.15, 0.2) is 12.1 Å². The number of piperidine rings is 2. The van der Waals surface area contributed by atoms with Gasteiger partial charge in [-0.05, 0) is 64.4 Å². The Morgan fingerprint density at radius 1 is 1.29 bits per heavy atom. The summed E-state index contributed by atoms with van der Waals surface area (Å²) in [6.07, 6.45) is 4.19. The zero-order valence-electron chi connectivity index (χ0n) is 13.5. The van der Waals surface area contributed by atoms with Crippen molar-refractivity contribution in [1.82, 2.24) is 15.1 Å². The van der Waals surface area contributed by atoms with Gasteiger partial charge >= 0.3 is 0 Å². The monoisotopic (exact) mass is 307 g/mol. The van der Waals surface area contributed by atoms with E-state index in [9.17, 15) is 0 Å². The van der Waals surface area contributed by atoms with Crippen LogP contribution in [0, 0.1) is 12.8 Å². The number of fused-ring (bicyclic) bond motifs is 1. The van der Waals surface area contributed by atoms with Gasteiger partial charge < -0.3 is 15.1 Å². The lowest BCUT2D eigenvalue weighted by molar-refractivity contribution is 0.0391. The fourth-order valence-corrected chi connectivity index (χ4v) is 4.82. The first kappa shape index (κ1) is 15.5. The van der Waals surface area contributed by atoms with E-state index in [1.807, 2.05) is 11.3 Å². The van der Waals surface area contributed by atoms with Crippen molar-refractivity contribution in [2.75, 3.05) is 39.8 Å². The highest BCUT2D eigenvalue weighted by Gasteiger charge is 2.33. The molecular formula is C17H29N3S. The number of thiophene rings is 1. The van der Waals surface area contributed by atoms with Crippen LogP contribution in [0.1, 0.15) is 29.0 Å². The van der Waals surface area contributed by atoms with Crippen LogP contribution in [0.3, 0.4) is 0 Å². The number of hydrogen-bond acceptors (Lipinski definition) is 4. The highest BCUT2D eigenvalue weighted by Crippen LogP contribution is 2.29. The van der Waals surface area contributed by atoms with Gasteiger partial charge in [-0.1, -0.05) is 0 Å². The fraction of sp³-hybridized carbons (Fsp3) is 0.765. The maximum absolute atomic E-state index is 3.60. The topological polar surface area (TPSA) is 18.5 Å². The van der Waals surface area contributed by atoms with E-state index in [1.54, 1.807) is 0 Å². The van der Waals surface area contributed by atoms with Gasteiger partial charge in [0.1, 0.15) is 0 Å². The Kier molecular flexibility index (Phi) is 5.33. The molecule has 0 aliphatic carbocycles. The molecule has 0 saturated carbocycles. The van der Waals surface area contributed by atoms with Crippen LogP contribution >= 0.6 is 11.3 Å². The van der Waals surface area contributed by atoms with E-state index in [0.717, 1.165) is 25.0 Å². The Morgan fingerprint density at radius 2 is 2.19 bits per heavy atom. The molecule has 0 amide bonds. The molecule has 118 valence electrons. The van der Waals surface area contributed by atoms with Crippen LogP contribution in [0.2, 0.25) is 0 Å². The second-order valence-corrected chi connectivity index (χ2v) is 8.10. The Balaban J connectivity index is 1.36. The van der Waals surface area contributed by atoms with E-state index in [0.29, 0.717) is 0 Å². The molecule has 3 nitrogen and oxygen atoms in total. The Hall–Kier alpha value is -0.420. The van der Waals surface area contributed by atoms with Crippen LogP contribution in [0.4, 0.5) is 0 Å². The van der Waals surface area contributed by atoms with E-state index in [2.05, 4.69) is 41.2 Å². The van der Waals surface area contributed by atoms with E-state index in [4.69, 9.17) is 0 Å². The lowest BCUT2D eigenvalue weighted by Gasteiger charge is -2.46. The first-order chi connectivity index (χ1) is 10.2. The first-order valence-corrected chi connectivity index (χ1v) is 9.22. The molecular weight excluding hydrogens is 278 g/mol. The normalized spacial score (nSPS) is 27.7. The summed E-state index contributed by atoms with van der Waals surface area (Å²) in [7, 11) is 2.32. The van der Waals surface area contributed by atoms with Crippen molar-refractivity contribution in [3.05, 3.63) is 21.9 Å². The summed E-state index contributed by atoms with van der Waals surface area (Å²) < 4.78 is 0. The van der Waals surface area contributed by atoms with Crippen LogP contribution in [0.25, 0.3) is 0 Å². The summed E-state index contributed by atoms with van der Waals surface area (Å²) in [6.45, 7) is 9.44. The van der Waals surface area contributed by atoms with Gasteiger partial charge in [-0.15, -0.1) is 11.3 Å². The predicted molar refractivity (Wildman–Crippen MR) is 91.0 cm³/mol. The molecule has 2 unspecified atom stereocenters. The molecule has 1 N–H and O–H groups in total. The summed E-state index contributed by atoms with van der Waals surface area (Å²) in [4.78, 5) is 8.14. The molecule has 3 rings (SSSR count). The van der Waals surface area contributed by atoms with Gasteiger partial charge in [-0.3, -0.25) is 0 Å². The maximum Gasteiger partial charge on any atom is 0.0300 e. The standard InChI is InChI=1S/C17H29N3S/c1-14-5-6-16(21-14)12-18-8-11-20-10-7-17-15(13-20)4-3-9-19(17)2/h5-6,15,17-18H,3-4,7-13H2,1-2H3. The number of nitrogens with one attached hydrogen (secondary N) is 1. The quantitative estimate of drug-likeness (QED) is 0.844. The lowest BCUT2D eigenvalue weighted by Crippen LogP contribution is -2.53. The van der Waals surface area contributed by atoms with Crippen LogP contribution in [-0.2, 0) is 6.54 Å². The summed E-state index contributed by atoms with van der Waals surface area (Å²) in [5.41, 5.74) is 0. The molecule has 2 aliphatic rings. The van der Waals surface area contributed by atoms with Gasteiger partial charge in [-0.2, -0.15) is 0 Å². The van der Waals surface area contributed by atoms with Crippen LogP contribution in [-0.4, -0.2) is 55.6 Å². The van der Waals surface area contributed by atoms with Crippen LogP contribution < -0.4 is 5.32 Å². The van der Waals surface area contributed by atoms with Crippen molar-refractivity contribution < 1.29 is 0 Å². The third kappa shape index (κ3) is 4.07. The molecule has 0 spiro atoms. The summed E-state index contributed by atoms with van der Waals surface area (Å²) >= 11 is 1.91. The van der Waals surface area contributed by atoms with Crippen molar-refractivity contribution in [3.63, 3.8) is 0 Å². The van der Waals surface area contributed by atoms with Gasteiger partial charge in [0.15, 0.2) is 0 Å². The average Bonchev–Trinajstić information content (AvgIpc) is 2.89. The molecule has 4 heteroatoms. The molecule has 0 radical (unpaired) electrons. The minimum Gasteiger partial charge on any atom is -0.311 e. The molecule has 0 aromatic carbocycles. The Labute approximate surface area is 133 Å². The van der Waals surface area contributed by atoms with Crippen molar-refractivity contribution in [2.45, 2.75) is 38.8 Å². The zero-order valence-corrected chi connectivity index (χ0v) is 14.3. The average molecular weight is 308 g/mol. The fourth-order valence-electron chi connectivity index (χ4n) is 3.96. The summed E-state index contributed by atoms with van der Waals surface area (Å²) in [5.74, 6) is 0.914. The van der Waals surface area contributed by atoms with E-state index >= 15 is 0 Å². The Morgan fingerprint density at radius 3 is 3.00 bits per heavy atom. The number of rotatable bonds is 5. The number of nitrogens with zero attached hydrogens (tertiary/aromatic N) is 2. The predicted octanol–water partition coefficient (Wildman–Crippen LogP) is 2.56. The van der Waals surface area contributed by atoms with Crippen LogP contribution in [0.5, 0.6) is 0 Å². The zero-order chi connectivity index (χ0) is 14.7. The number of likely N-dealkylation sites (tertiary alicyclic amines) is 2. The second kappa shape index (κ2) is 7.23. The van der Waals surface area contributed by atoms with Gasteiger partial charge in [0.05, 0.1) is 0 Å². The molecule has 1 aromatic rings. The molecule has 1 aromatic heterocycles. The minimum absolute atomic E-state index is 0.858. The lowest BCUT2D eigenvalue weighted by atomic mass is 9.84. The molecule has 2 aliphatic heterocycles. The summed E-state index contributed by atoms with van der Waals surface area (Å²) in [6, 6.07) is 5.32. The highest BCUT2D eigenvalue weighted by atomic mass is 32.1. The van der Waals surface area contributed by atoms with E-state index in [-0.39, 0.29) is 0 Å².